The van der Waals surface area contributed by atoms with E-state index in [0.717, 1.165) is 0 Å². The number of aromatic amines is 1. The first kappa shape index (κ1) is 4.59. The number of hydrogen-bond acceptors (Lipinski definition) is 2. The van der Waals surface area contributed by atoms with Gasteiger partial charge in [0.05, 0.1) is 0 Å². The molecule has 0 atom stereocenters. The first-order valence-electron chi connectivity index (χ1n) is 1.73. The van der Waals surface area contributed by atoms with Gasteiger partial charge in [0.25, 0.3) is 0 Å². The molecule has 3 nitrogen and oxygen atoms in total. The van der Waals surface area contributed by atoms with Gasteiger partial charge in [-0.3, -0.25) is 5.10 Å². The van der Waals surface area contributed by atoms with Gasteiger partial charge in [-0.1, -0.05) is 5.21 Å². The fraction of sp³-hybridized carbons (Fsp3) is 0. The van der Waals surface area contributed by atoms with E-state index in [4.69, 9.17) is 11.6 Å². The molecule has 7 heavy (non-hydrogen) atoms. The smallest absolute Gasteiger partial charge is 0.102 e. The van der Waals surface area contributed by atoms with Crippen molar-refractivity contribution in [3.63, 3.8) is 0 Å². The van der Waals surface area contributed by atoms with E-state index in [1.165, 1.54) is 5.88 Å². The van der Waals surface area contributed by atoms with Crippen molar-refractivity contribution in [2.45, 2.75) is 0 Å². The molecule has 0 aliphatic rings. The number of nitrogens with zero attached hydrogens (tertiary/aromatic N) is 2. The Morgan fingerprint density at radius 1 is 1.86 bits per heavy atom. The number of aromatic nitrogens is 3. The monoisotopic (exact) mass is 116 g/mol. The highest BCUT2D eigenvalue weighted by atomic mass is 35.5. The average Bonchev–Trinajstić information content (AvgIpc) is 2.14. The Hall–Kier alpha value is -0.570. The van der Waals surface area contributed by atoms with Gasteiger partial charge in [0.15, 0.2) is 0 Å². The molecule has 0 amide bonds. The molecule has 0 aliphatic carbocycles. The molecule has 1 aromatic rings. The van der Waals surface area contributed by atoms with Gasteiger partial charge in [-0.05, 0) is 0 Å². The second kappa shape index (κ2) is 1.93. The van der Waals surface area contributed by atoms with Gasteiger partial charge in [0, 0.05) is 6.20 Å². The Morgan fingerprint density at radius 3 is 3.00 bits per heavy atom. The second-order valence-corrected chi connectivity index (χ2v) is 1.23. The number of hydrogen-bond donors (Lipinski definition) is 1. The third-order valence-electron chi connectivity index (χ3n) is 0.547. The fourth-order valence-corrected chi connectivity index (χ4v) is 0.370. The minimum absolute atomic E-state index is 0.654. The summed E-state index contributed by atoms with van der Waals surface area (Å²) in [5, 5.41) is 9.45. The van der Waals surface area contributed by atoms with Gasteiger partial charge in [-0.2, -0.15) is 0 Å². The van der Waals surface area contributed by atoms with Crippen molar-refractivity contribution in [1.82, 2.24) is 15.4 Å². The van der Waals surface area contributed by atoms with Crippen LogP contribution < -0.4 is 0 Å². The highest BCUT2D eigenvalue weighted by molar-refractivity contribution is 6.24. The van der Waals surface area contributed by atoms with Gasteiger partial charge >= 0.3 is 0 Å². The van der Waals surface area contributed by atoms with Crippen LogP contribution in [0, 0.1) is 5.88 Å². The standard InChI is InChI=1S/C3H3ClN3/c4-1-3-2-5-7-6-3/h1-2H,(H,5,6,7). The van der Waals surface area contributed by atoms with Gasteiger partial charge in [0.1, 0.15) is 11.6 Å². The first-order valence-corrected chi connectivity index (χ1v) is 2.17. The summed E-state index contributed by atoms with van der Waals surface area (Å²) in [5.74, 6) is 1.35. The lowest BCUT2D eigenvalue weighted by molar-refractivity contribution is 0.933. The lowest BCUT2D eigenvalue weighted by atomic mass is 10.6. The summed E-state index contributed by atoms with van der Waals surface area (Å²) in [5.41, 5.74) is 0.654. The van der Waals surface area contributed by atoms with Crippen LogP contribution in [0.3, 0.4) is 0 Å². The van der Waals surface area contributed by atoms with Crippen LogP contribution in [0.5, 0.6) is 0 Å². The average molecular weight is 117 g/mol. The molecule has 1 rings (SSSR count). The van der Waals surface area contributed by atoms with Crippen LogP contribution in [0.25, 0.3) is 0 Å². The van der Waals surface area contributed by atoms with Gasteiger partial charge in [0.2, 0.25) is 0 Å². The molecule has 0 aromatic carbocycles. The van der Waals surface area contributed by atoms with Crippen molar-refractivity contribution in [2.24, 2.45) is 0 Å². The summed E-state index contributed by atoms with van der Waals surface area (Å²) in [6, 6.07) is 0. The molecule has 4 heteroatoms. The summed E-state index contributed by atoms with van der Waals surface area (Å²) >= 11 is 5.22. The van der Waals surface area contributed by atoms with Crippen molar-refractivity contribution in [2.75, 3.05) is 0 Å². The predicted octanol–water partition coefficient (Wildman–Crippen LogP) is 0.553. The number of rotatable bonds is 1. The largest absolute Gasteiger partial charge is 0.265 e. The summed E-state index contributed by atoms with van der Waals surface area (Å²) in [6.45, 7) is 0. The SMILES string of the molecule is Cl[CH]c1c[nH]nn1. The molecule has 1 heterocycles. The quantitative estimate of drug-likeness (QED) is 0.582. The van der Waals surface area contributed by atoms with Crippen molar-refractivity contribution in [3.05, 3.63) is 17.8 Å². The topological polar surface area (TPSA) is 41.6 Å². The van der Waals surface area contributed by atoms with E-state index in [9.17, 15) is 0 Å². The molecule has 0 spiro atoms. The highest BCUT2D eigenvalue weighted by Gasteiger charge is 1.87. The summed E-state index contributed by atoms with van der Waals surface area (Å²) in [4.78, 5) is 0. The lowest BCUT2D eigenvalue weighted by Crippen LogP contribution is -1.71. The predicted molar refractivity (Wildman–Crippen MR) is 25.6 cm³/mol. The van der Waals surface area contributed by atoms with Crippen LogP contribution in [0.1, 0.15) is 5.69 Å². The normalized spacial score (nSPS) is 9.29. The van der Waals surface area contributed by atoms with E-state index in [0.29, 0.717) is 5.69 Å². The molecule has 1 aromatic heterocycles. The molecule has 0 aliphatic heterocycles. The molecule has 0 bridgehead atoms. The maximum absolute atomic E-state index is 5.22. The molecule has 37 valence electrons. The molecule has 0 unspecified atom stereocenters. The van der Waals surface area contributed by atoms with Crippen LogP contribution >= 0.6 is 11.6 Å². The number of halogens is 1. The first-order chi connectivity index (χ1) is 3.43. The maximum atomic E-state index is 5.22. The van der Waals surface area contributed by atoms with Crippen LogP contribution in [0.4, 0.5) is 0 Å². The van der Waals surface area contributed by atoms with E-state index in [1.807, 2.05) is 0 Å². The zero-order chi connectivity index (χ0) is 5.11. The minimum atomic E-state index is 0.654. The summed E-state index contributed by atoms with van der Waals surface area (Å²) < 4.78 is 0. The van der Waals surface area contributed by atoms with E-state index >= 15 is 0 Å². The van der Waals surface area contributed by atoms with Crippen LogP contribution in [0.15, 0.2) is 6.20 Å². The Bertz CT molecular complexity index is 125. The van der Waals surface area contributed by atoms with E-state index in [1.54, 1.807) is 6.20 Å². The molecule has 0 fully saturated rings. The van der Waals surface area contributed by atoms with Crippen LogP contribution in [0.2, 0.25) is 0 Å². The summed E-state index contributed by atoms with van der Waals surface area (Å²) in [6.07, 6.45) is 1.60. The van der Waals surface area contributed by atoms with E-state index < -0.39 is 0 Å². The van der Waals surface area contributed by atoms with Crippen LogP contribution in [-0.4, -0.2) is 15.4 Å². The van der Waals surface area contributed by atoms with Crippen LogP contribution in [-0.2, 0) is 0 Å². The zero-order valence-electron chi connectivity index (χ0n) is 3.43. The molecular weight excluding hydrogens is 114 g/mol. The number of H-pyrrole nitrogens is 1. The number of nitrogens with one attached hydrogen (secondary N) is 1. The third-order valence-corrected chi connectivity index (χ3v) is 0.771. The Morgan fingerprint density at radius 2 is 2.71 bits per heavy atom. The third kappa shape index (κ3) is 0.899. The Balaban J connectivity index is 2.76. The Labute approximate surface area is 45.7 Å². The highest BCUT2D eigenvalue weighted by Crippen LogP contribution is 1.95. The Kier molecular flexibility index (Phi) is 1.26. The molecule has 1 radical (unpaired) electrons. The van der Waals surface area contributed by atoms with Gasteiger partial charge < -0.3 is 0 Å². The molecular formula is C3H3ClN3. The van der Waals surface area contributed by atoms with E-state index in [2.05, 4.69) is 15.4 Å². The fourth-order valence-electron chi connectivity index (χ4n) is 0.264. The lowest BCUT2D eigenvalue weighted by Gasteiger charge is -1.71. The summed E-state index contributed by atoms with van der Waals surface area (Å²) in [7, 11) is 0. The van der Waals surface area contributed by atoms with E-state index in [-0.39, 0.29) is 0 Å². The zero-order valence-corrected chi connectivity index (χ0v) is 4.18. The van der Waals surface area contributed by atoms with Gasteiger partial charge in [-0.15, -0.1) is 16.7 Å². The van der Waals surface area contributed by atoms with Crippen molar-refractivity contribution in [1.29, 1.82) is 0 Å². The second-order valence-electron chi connectivity index (χ2n) is 1.01. The molecule has 0 saturated carbocycles. The van der Waals surface area contributed by atoms with Crippen molar-refractivity contribution >= 4 is 11.6 Å². The minimum Gasteiger partial charge on any atom is -0.265 e. The van der Waals surface area contributed by atoms with Gasteiger partial charge in [-0.25, -0.2) is 0 Å². The molecule has 1 N–H and O–H groups in total. The maximum Gasteiger partial charge on any atom is 0.102 e. The van der Waals surface area contributed by atoms with Crippen molar-refractivity contribution in [3.8, 4) is 0 Å². The molecule has 0 saturated heterocycles. The van der Waals surface area contributed by atoms with Crippen molar-refractivity contribution < 1.29 is 0 Å².